The average molecular weight is 380 g/mol. The van der Waals surface area contributed by atoms with Gasteiger partial charge in [-0.25, -0.2) is 0 Å². The van der Waals surface area contributed by atoms with E-state index in [0.29, 0.717) is 44.2 Å². The van der Waals surface area contributed by atoms with E-state index in [2.05, 4.69) is 0 Å². The van der Waals surface area contributed by atoms with Crippen LogP contribution in [-0.4, -0.2) is 77.0 Å². The molecule has 0 bridgehead atoms. The summed E-state index contributed by atoms with van der Waals surface area (Å²) in [5.74, 6) is 0.222. The van der Waals surface area contributed by atoms with E-state index in [0.717, 1.165) is 24.9 Å². The Morgan fingerprint density at radius 1 is 1.08 bits per heavy atom. The summed E-state index contributed by atoms with van der Waals surface area (Å²) in [5.41, 5.74) is 0.954. The lowest BCUT2D eigenvalue weighted by molar-refractivity contribution is -0.131. The van der Waals surface area contributed by atoms with Gasteiger partial charge in [-0.05, 0) is 24.5 Å². The van der Waals surface area contributed by atoms with Crippen molar-refractivity contribution >= 4 is 23.4 Å². The maximum Gasteiger partial charge on any atom is 0.236 e. The molecule has 1 atom stereocenters. The third-order valence-corrected chi connectivity index (χ3v) is 5.36. The fourth-order valence-electron chi connectivity index (χ4n) is 3.66. The molecule has 2 amide bonds. The monoisotopic (exact) mass is 379 g/mol. The number of β-amino-alcohol motifs (C(OH)–C–C–N with tert-alkyl or cyclic N) is 1. The molecule has 1 unspecified atom stereocenters. The van der Waals surface area contributed by atoms with Gasteiger partial charge in [-0.15, -0.1) is 0 Å². The summed E-state index contributed by atoms with van der Waals surface area (Å²) in [6.07, 6.45) is 1.72. The Morgan fingerprint density at radius 2 is 1.85 bits per heavy atom. The third kappa shape index (κ3) is 4.96. The Labute approximate surface area is 159 Å². The van der Waals surface area contributed by atoms with Crippen molar-refractivity contribution in [2.75, 3.05) is 39.3 Å². The summed E-state index contributed by atoms with van der Waals surface area (Å²) in [6, 6.07) is 7.57. The number of amides is 2. The van der Waals surface area contributed by atoms with Gasteiger partial charge in [0, 0.05) is 50.7 Å². The lowest BCUT2D eigenvalue weighted by atomic mass is 10.2. The maximum atomic E-state index is 12.6. The van der Waals surface area contributed by atoms with Gasteiger partial charge in [0.05, 0.1) is 12.6 Å². The first-order chi connectivity index (χ1) is 12.5. The molecule has 1 N–H and O–H groups in total. The number of aliphatic hydroxyl groups is 1. The fraction of sp³-hybridized carbons (Fsp3) is 0.579. The number of carbonyl (C=O) groups excluding carboxylic acids is 2. The fourth-order valence-corrected chi connectivity index (χ4v) is 3.86. The van der Waals surface area contributed by atoms with Crippen LogP contribution >= 0.6 is 11.6 Å². The Bertz CT molecular complexity index is 655. The number of halogens is 1. The molecular weight excluding hydrogens is 354 g/mol. The summed E-state index contributed by atoms with van der Waals surface area (Å²) in [6.45, 7) is 3.66. The van der Waals surface area contributed by atoms with Crippen LogP contribution in [0.5, 0.6) is 0 Å². The number of aliphatic hydroxyl groups excluding tert-OH is 1. The summed E-state index contributed by atoms with van der Waals surface area (Å²) >= 11 is 6.21. The van der Waals surface area contributed by atoms with Crippen LogP contribution in [0.25, 0.3) is 0 Å². The maximum absolute atomic E-state index is 12.6. The molecule has 0 radical (unpaired) electrons. The van der Waals surface area contributed by atoms with E-state index < -0.39 is 6.10 Å². The molecule has 0 aromatic heterocycles. The molecule has 0 aliphatic carbocycles. The molecule has 2 saturated heterocycles. The van der Waals surface area contributed by atoms with E-state index >= 15 is 0 Å². The van der Waals surface area contributed by atoms with Gasteiger partial charge >= 0.3 is 0 Å². The SMILES string of the molecule is O=C1CCCN1CCCN1CC(O)CN(Cc2ccccc2Cl)CC1=O. The highest BCUT2D eigenvalue weighted by atomic mass is 35.5. The molecule has 0 saturated carbocycles. The molecule has 2 aliphatic heterocycles. The minimum absolute atomic E-state index is 0.0151. The number of rotatable bonds is 6. The number of nitrogens with zero attached hydrogens (tertiary/aromatic N) is 3. The topological polar surface area (TPSA) is 64.1 Å². The molecule has 26 heavy (non-hydrogen) atoms. The molecule has 2 aliphatic rings. The standard InChI is InChI=1S/C19H26ClN3O3/c20-17-6-2-1-5-15(17)11-21-12-16(24)13-23(19(26)14-21)10-4-9-22-8-3-7-18(22)25/h1-2,5-6,16,24H,3-4,7-14H2. The van der Waals surface area contributed by atoms with Gasteiger partial charge in [-0.2, -0.15) is 0 Å². The molecule has 1 aromatic carbocycles. The van der Waals surface area contributed by atoms with Crippen LogP contribution in [0, 0.1) is 0 Å². The van der Waals surface area contributed by atoms with Gasteiger partial charge in [0.15, 0.2) is 0 Å². The van der Waals surface area contributed by atoms with Gasteiger partial charge in [0.2, 0.25) is 11.8 Å². The lowest BCUT2D eigenvalue weighted by Crippen LogP contribution is -2.39. The van der Waals surface area contributed by atoms with Gasteiger partial charge < -0.3 is 14.9 Å². The molecule has 6 nitrogen and oxygen atoms in total. The minimum Gasteiger partial charge on any atom is -0.390 e. The first-order valence-electron chi connectivity index (χ1n) is 9.22. The Morgan fingerprint density at radius 3 is 2.58 bits per heavy atom. The lowest BCUT2D eigenvalue weighted by Gasteiger charge is -2.23. The van der Waals surface area contributed by atoms with E-state index in [1.54, 1.807) is 4.90 Å². The molecule has 1 aromatic rings. The second kappa shape index (κ2) is 8.84. The number of hydrogen-bond acceptors (Lipinski definition) is 4. The van der Waals surface area contributed by atoms with Crippen molar-refractivity contribution in [1.82, 2.24) is 14.7 Å². The van der Waals surface area contributed by atoms with Crippen molar-refractivity contribution < 1.29 is 14.7 Å². The highest BCUT2D eigenvalue weighted by molar-refractivity contribution is 6.31. The zero-order valence-corrected chi connectivity index (χ0v) is 15.7. The van der Waals surface area contributed by atoms with Crippen LogP contribution < -0.4 is 0 Å². The highest BCUT2D eigenvalue weighted by Gasteiger charge is 2.27. The predicted octanol–water partition coefficient (Wildman–Crippen LogP) is 1.36. The quantitative estimate of drug-likeness (QED) is 0.810. The Kier molecular flexibility index (Phi) is 6.51. The van der Waals surface area contributed by atoms with Crippen LogP contribution in [0.3, 0.4) is 0 Å². The van der Waals surface area contributed by atoms with Gasteiger partial charge in [-0.3, -0.25) is 14.5 Å². The first kappa shape index (κ1) is 19.1. The van der Waals surface area contributed by atoms with Gasteiger partial charge in [0.1, 0.15) is 0 Å². The average Bonchev–Trinajstić information content (AvgIpc) is 2.95. The molecular formula is C19H26ClN3O3. The van der Waals surface area contributed by atoms with E-state index in [1.807, 2.05) is 34.1 Å². The predicted molar refractivity (Wildman–Crippen MR) is 99.7 cm³/mol. The third-order valence-electron chi connectivity index (χ3n) is 4.99. The van der Waals surface area contributed by atoms with Crippen LogP contribution in [0.4, 0.5) is 0 Å². The van der Waals surface area contributed by atoms with Crippen molar-refractivity contribution in [2.45, 2.75) is 31.9 Å². The molecule has 2 heterocycles. The normalized spacial score (nSPS) is 22.2. The minimum atomic E-state index is -0.586. The number of hydrogen-bond donors (Lipinski definition) is 1. The molecule has 2 fully saturated rings. The first-order valence-corrected chi connectivity index (χ1v) is 9.60. The number of carbonyl (C=O) groups is 2. The van der Waals surface area contributed by atoms with Crippen LogP contribution in [0.15, 0.2) is 24.3 Å². The van der Waals surface area contributed by atoms with E-state index in [-0.39, 0.29) is 18.4 Å². The number of likely N-dealkylation sites (tertiary alicyclic amines) is 1. The van der Waals surface area contributed by atoms with E-state index in [9.17, 15) is 14.7 Å². The van der Waals surface area contributed by atoms with Crippen molar-refractivity contribution in [3.05, 3.63) is 34.9 Å². The molecule has 3 rings (SSSR count). The molecule has 142 valence electrons. The van der Waals surface area contributed by atoms with Crippen LogP contribution in [0.2, 0.25) is 5.02 Å². The van der Waals surface area contributed by atoms with Crippen LogP contribution in [-0.2, 0) is 16.1 Å². The largest absolute Gasteiger partial charge is 0.390 e. The van der Waals surface area contributed by atoms with Gasteiger partial charge in [-0.1, -0.05) is 29.8 Å². The Hall–Kier alpha value is -1.63. The smallest absolute Gasteiger partial charge is 0.236 e. The summed E-state index contributed by atoms with van der Waals surface area (Å²) in [5, 5.41) is 11.0. The summed E-state index contributed by atoms with van der Waals surface area (Å²) < 4.78 is 0. The van der Waals surface area contributed by atoms with E-state index in [1.165, 1.54) is 0 Å². The van der Waals surface area contributed by atoms with Crippen molar-refractivity contribution in [1.29, 1.82) is 0 Å². The molecule has 7 heteroatoms. The second-order valence-corrected chi connectivity index (χ2v) is 7.50. The highest BCUT2D eigenvalue weighted by Crippen LogP contribution is 2.18. The van der Waals surface area contributed by atoms with Crippen LogP contribution in [0.1, 0.15) is 24.8 Å². The second-order valence-electron chi connectivity index (χ2n) is 7.09. The number of benzene rings is 1. The zero-order valence-electron chi connectivity index (χ0n) is 14.9. The summed E-state index contributed by atoms with van der Waals surface area (Å²) in [4.78, 5) is 29.8. The van der Waals surface area contributed by atoms with E-state index in [4.69, 9.17) is 11.6 Å². The zero-order chi connectivity index (χ0) is 18.5. The van der Waals surface area contributed by atoms with Crippen molar-refractivity contribution in [3.8, 4) is 0 Å². The van der Waals surface area contributed by atoms with Crippen molar-refractivity contribution in [2.24, 2.45) is 0 Å². The van der Waals surface area contributed by atoms with Gasteiger partial charge in [0.25, 0.3) is 0 Å². The summed E-state index contributed by atoms with van der Waals surface area (Å²) in [7, 11) is 0. The Balaban J connectivity index is 1.53. The van der Waals surface area contributed by atoms with Crippen molar-refractivity contribution in [3.63, 3.8) is 0 Å². The molecule has 0 spiro atoms.